The Balaban J connectivity index is 1.96. The van der Waals surface area contributed by atoms with E-state index in [-0.39, 0.29) is 0 Å². The lowest BCUT2D eigenvalue weighted by Gasteiger charge is -2.05. The van der Waals surface area contributed by atoms with Crippen LogP contribution in [-0.2, 0) is 6.54 Å². The Morgan fingerprint density at radius 1 is 1.18 bits per heavy atom. The average molecular weight is 290 g/mol. The van der Waals surface area contributed by atoms with Gasteiger partial charge in [-0.25, -0.2) is 4.68 Å². The van der Waals surface area contributed by atoms with Crippen LogP contribution in [0.4, 0.5) is 0 Å². The molecule has 5 nitrogen and oxygen atoms in total. The van der Waals surface area contributed by atoms with Gasteiger partial charge in [0.1, 0.15) is 5.75 Å². The van der Waals surface area contributed by atoms with E-state index in [4.69, 9.17) is 10.00 Å². The highest BCUT2D eigenvalue weighted by Gasteiger charge is 2.11. The van der Waals surface area contributed by atoms with Crippen molar-refractivity contribution in [3.63, 3.8) is 0 Å². The Hall–Kier alpha value is -3.13. The standard InChI is InChI=1S/C17H14N4O/c1-2-21-17(22-15-6-8-19-9-7-15)11-16(20-21)14-5-3-4-13(10-14)12-18/h3-11H,2H2,1H3. The van der Waals surface area contributed by atoms with Crippen LogP contribution in [-0.4, -0.2) is 14.8 Å². The molecule has 0 spiro atoms. The molecule has 0 fully saturated rings. The number of aromatic nitrogens is 3. The first-order valence-corrected chi connectivity index (χ1v) is 6.96. The lowest BCUT2D eigenvalue weighted by molar-refractivity contribution is 0.416. The van der Waals surface area contributed by atoms with Crippen molar-refractivity contribution in [2.24, 2.45) is 0 Å². The van der Waals surface area contributed by atoms with Crippen LogP contribution in [0.1, 0.15) is 12.5 Å². The maximum absolute atomic E-state index is 9.00. The first-order chi connectivity index (χ1) is 10.8. The molecule has 2 heterocycles. The van der Waals surface area contributed by atoms with Gasteiger partial charge in [-0.3, -0.25) is 4.98 Å². The molecule has 0 unspecified atom stereocenters. The lowest BCUT2D eigenvalue weighted by atomic mass is 10.1. The second kappa shape index (κ2) is 6.10. The zero-order chi connectivity index (χ0) is 15.4. The maximum atomic E-state index is 9.00. The fourth-order valence-electron chi connectivity index (χ4n) is 2.12. The molecule has 0 aliphatic heterocycles. The molecule has 0 atom stereocenters. The van der Waals surface area contributed by atoms with E-state index in [1.165, 1.54) is 0 Å². The number of hydrogen-bond donors (Lipinski definition) is 0. The van der Waals surface area contributed by atoms with Gasteiger partial charge < -0.3 is 4.74 Å². The van der Waals surface area contributed by atoms with Gasteiger partial charge in [0, 0.05) is 30.6 Å². The number of aryl methyl sites for hydroxylation is 1. The van der Waals surface area contributed by atoms with Crippen molar-refractivity contribution < 1.29 is 4.74 Å². The fourth-order valence-corrected chi connectivity index (χ4v) is 2.12. The summed E-state index contributed by atoms with van der Waals surface area (Å²) in [6, 6.07) is 15.0. The smallest absolute Gasteiger partial charge is 0.218 e. The van der Waals surface area contributed by atoms with E-state index < -0.39 is 0 Å². The molecule has 2 aromatic heterocycles. The Morgan fingerprint density at radius 2 is 2.00 bits per heavy atom. The summed E-state index contributed by atoms with van der Waals surface area (Å²) in [6.45, 7) is 2.69. The molecular formula is C17H14N4O. The molecule has 0 bridgehead atoms. The van der Waals surface area contributed by atoms with Crippen LogP contribution >= 0.6 is 0 Å². The minimum atomic E-state index is 0.611. The first-order valence-electron chi connectivity index (χ1n) is 6.96. The number of benzene rings is 1. The first kappa shape index (κ1) is 13.8. The largest absolute Gasteiger partial charge is 0.439 e. The summed E-state index contributed by atoms with van der Waals surface area (Å²) in [7, 11) is 0. The van der Waals surface area contributed by atoms with Gasteiger partial charge in [0.05, 0.1) is 17.3 Å². The summed E-state index contributed by atoms with van der Waals surface area (Å²) in [5.41, 5.74) is 2.29. The molecule has 0 radical (unpaired) electrons. The number of rotatable bonds is 4. The highest BCUT2D eigenvalue weighted by molar-refractivity contribution is 5.62. The molecule has 0 saturated carbocycles. The van der Waals surface area contributed by atoms with Crippen LogP contribution in [0.3, 0.4) is 0 Å². The molecule has 1 aromatic carbocycles. The molecule has 0 saturated heterocycles. The minimum Gasteiger partial charge on any atom is -0.439 e. The molecule has 0 aliphatic rings. The van der Waals surface area contributed by atoms with Crippen LogP contribution in [0, 0.1) is 11.3 Å². The molecule has 22 heavy (non-hydrogen) atoms. The Bertz CT molecular complexity index is 818. The molecule has 3 aromatic rings. The molecule has 3 rings (SSSR count). The predicted molar refractivity (Wildman–Crippen MR) is 82.4 cm³/mol. The summed E-state index contributed by atoms with van der Waals surface area (Å²) >= 11 is 0. The fraction of sp³-hybridized carbons (Fsp3) is 0.118. The van der Waals surface area contributed by atoms with Crippen molar-refractivity contribution in [1.82, 2.24) is 14.8 Å². The van der Waals surface area contributed by atoms with E-state index >= 15 is 0 Å². The van der Waals surface area contributed by atoms with Crippen molar-refractivity contribution >= 4 is 0 Å². The summed E-state index contributed by atoms with van der Waals surface area (Å²) in [5.74, 6) is 1.37. The van der Waals surface area contributed by atoms with Crippen LogP contribution in [0.5, 0.6) is 11.6 Å². The normalized spacial score (nSPS) is 10.2. The quantitative estimate of drug-likeness (QED) is 0.736. The second-order valence-electron chi connectivity index (χ2n) is 4.66. The van der Waals surface area contributed by atoms with Crippen LogP contribution in [0.25, 0.3) is 11.3 Å². The number of nitrogens with zero attached hydrogens (tertiary/aromatic N) is 4. The van der Waals surface area contributed by atoms with E-state index in [1.807, 2.05) is 31.2 Å². The Kier molecular flexibility index (Phi) is 3.84. The SMILES string of the molecule is CCn1nc(-c2cccc(C#N)c2)cc1Oc1ccncc1. The Labute approximate surface area is 128 Å². The van der Waals surface area contributed by atoms with Crippen molar-refractivity contribution in [2.75, 3.05) is 0 Å². The van der Waals surface area contributed by atoms with E-state index in [0.717, 1.165) is 11.3 Å². The minimum absolute atomic E-state index is 0.611. The molecule has 108 valence electrons. The van der Waals surface area contributed by atoms with Gasteiger partial charge in [0.15, 0.2) is 0 Å². The van der Waals surface area contributed by atoms with E-state index in [2.05, 4.69) is 16.2 Å². The molecule has 5 heteroatoms. The van der Waals surface area contributed by atoms with Crippen LogP contribution in [0.2, 0.25) is 0 Å². The van der Waals surface area contributed by atoms with Crippen LogP contribution < -0.4 is 4.74 Å². The van der Waals surface area contributed by atoms with Crippen molar-refractivity contribution in [2.45, 2.75) is 13.5 Å². The zero-order valence-electron chi connectivity index (χ0n) is 12.1. The predicted octanol–water partition coefficient (Wildman–Crippen LogP) is 3.63. The van der Waals surface area contributed by atoms with Crippen LogP contribution in [0.15, 0.2) is 54.9 Å². The molecular weight excluding hydrogens is 276 g/mol. The summed E-state index contributed by atoms with van der Waals surface area (Å²) < 4.78 is 7.64. The highest BCUT2D eigenvalue weighted by atomic mass is 16.5. The third-order valence-electron chi connectivity index (χ3n) is 3.20. The number of hydrogen-bond acceptors (Lipinski definition) is 4. The van der Waals surface area contributed by atoms with E-state index in [0.29, 0.717) is 23.7 Å². The van der Waals surface area contributed by atoms with Gasteiger partial charge in [-0.05, 0) is 31.2 Å². The monoisotopic (exact) mass is 290 g/mol. The average Bonchev–Trinajstić information content (AvgIpc) is 2.99. The second-order valence-corrected chi connectivity index (χ2v) is 4.66. The summed E-state index contributed by atoms with van der Waals surface area (Å²) in [6.07, 6.45) is 3.36. The number of nitriles is 1. The van der Waals surface area contributed by atoms with Gasteiger partial charge in [0.2, 0.25) is 5.88 Å². The number of ether oxygens (including phenoxy) is 1. The van der Waals surface area contributed by atoms with Crippen molar-refractivity contribution in [3.8, 4) is 29.0 Å². The van der Waals surface area contributed by atoms with Crippen molar-refractivity contribution in [1.29, 1.82) is 5.26 Å². The maximum Gasteiger partial charge on any atom is 0.218 e. The van der Waals surface area contributed by atoms with Gasteiger partial charge in [-0.15, -0.1) is 0 Å². The van der Waals surface area contributed by atoms with E-state index in [1.54, 1.807) is 35.3 Å². The summed E-state index contributed by atoms with van der Waals surface area (Å²) in [5, 5.41) is 13.5. The third kappa shape index (κ3) is 2.81. The Morgan fingerprint density at radius 3 is 2.73 bits per heavy atom. The third-order valence-corrected chi connectivity index (χ3v) is 3.20. The highest BCUT2D eigenvalue weighted by Crippen LogP contribution is 2.27. The van der Waals surface area contributed by atoms with Gasteiger partial charge in [-0.2, -0.15) is 10.4 Å². The topological polar surface area (TPSA) is 63.7 Å². The number of pyridine rings is 1. The van der Waals surface area contributed by atoms with Gasteiger partial charge >= 0.3 is 0 Å². The lowest BCUT2D eigenvalue weighted by Crippen LogP contribution is -1.99. The molecule has 0 N–H and O–H groups in total. The summed E-state index contributed by atoms with van der Waals surface area (Å²) in [4.78, 5) is 3.97. The molecule has 0 amide bonds. The van der Waals surface area contributed by atoms with E-state index in [9.17, 15) is 0 Å². The van der Waals surface area contributed by atoms with Gasteiger partial charge in [-0.1, -0.05) is 12.1 Å². The van der Waals surface area contributed by atoms with Crippen molar-refractivity contribution in [3.05, 3.63) is 60.4 Å². The zero-order valence-corrected chi connectivity index (χ0v) is 12.1. The van der Waals surface area contributed by atoms with Gasteiger partial charge in [0.25, 0.3) is 0 Å². The molecule has 0 aliphatic carbocycles.